The van der Waals surface area contributed by atoms with Gasteiger partial charge in [-0.05, 0) is 104 Å². The van der Waals surface area contributed by atoms with Crippen molar-refractivity contribution in [3.63, 3.8) is 0 Å². The Hall–Kier alpha value is -3.08. The summed E-state index contributed by atoms with van der Waals surface area (Å²) in [5, 5.41) is 9.04. The monoisotopic (exact) mass is 432 g/mol. The van der Waals surface area contributed by atoms with Crippen molar-refractivity contribution in [3.8, 4) is 11.5 Å². The SMILES string of the molecule is C=CCOc1ccc(C(=O)Oc2ccc(C(=O)O)cc2)cc1C12CC3CC(CC(C3)C1)C2. The molecule has 5 nitrogen and oxygen atoms in total. The van der Waals surface area contributed by atoms with Crippen molar-refractivity contribution in [3.05, 3.63) is 71.8 Å². The molecular weight excluding hydrogens is 404 g/mol. The molecule has 2 aromatic rings. The standard InChI is InChI=1S/C27H28O5/c1-2-9-31-24-8-5-21(26(30)32-22-6-3-20(4-7-22)25(28)29)13-23(24)27-14-17-10-18(15-27)12-19(11-17)16-27/h2-8,13,17-19H,1,9-12,14-16H2,(H,28,29). The minimum Gasteiger partial charge on any atom is -0.489 e. The number of hydrogen-bond acceptors (Lipinski definition) is 4. The molecule has 2 aromatic carbocycles. The first-order valence-corrected chi connectivity index (χ1v) is 11.4. The van der Waals surface area contributed by atoms with Crippen LogP contribution in [0.25, 0.3) is 0 Å². The maximum atomic E-state index is 12.9. The largest absolute Gasteiger partial charge is 0.489 e. The third-order valence-corrected chi connectivity index (χ3v) is 7.49. The summed E-state index contributed by atoms with van der Waals surface area (Å²) in [7, 11) is 0. The first-order valence-electron chi connectivity index (χ1n) is 11.4. The summed E-state index contributed by atoms with van der Waals surface area (Å²) >= 11 is 0. The highest BCUT2D eigenvalue weighted by atomic mass is 16.5. The lowest BCUT2D eigenvalue weighted by molar-refractivity contribution is -0.00631. The van der Waals surface area contributed by atoms with Crippen molar-refractivity contribution in [1.29, 1.82) is 0 Å². The molecule has 4 saturated carbocycles. The second kappa shape index (κ2) is 8.12. The normalized spacial score (nSPS) is 27.7. The van der Waals surface area contributed by atoms with Crippen molar-refractivity contribution in [2.75, 3.05) is 6.61 Å². The number of hydrogen-bond donors (Lipinski definition) is 1. The number of carbonyl (C=O) groups is 2. The molecule has 0 amide bonds. The van der Waals surface area contributed by atoms with E-state index in [2.05, 4.69) is 6.58 Å². The van der Waals surface area contributed by atoms with Gasteiger partial charge in [-0.25, -0.2) is 9.59 Å². The van der Waals surface area contributed by atoms with Crippen molar-refractivity contribution in [2.45, 2.75) is 43.9 Å². The van der Waals surface area contributed by atoms with E-state index >= 15 is 0 Å². The Labute approximate surface area is 188 Å². The zero-order valence-electron chi connectivity index (χ0n) is 18.1. The molecule has 0 spiro atoms. The van der Waals surface area contributed by atoms with E-state index in [9.17, 15) is 9.59 Å². The highest BCUT2D eigenvalue weighted by molar-refractivity contribution is 5.92. The molecule has 6 rings (SSSR count). The lowest BCUT2D eigenvalue weighted by Gasteiger charge is -2.57. The maximum Gasteiger partial charge on any atom is 0.343 e. The molecule has 166 valence electrons. The highest BCUT2D eigenvalue weighted by Crippen LogP contribution is 2.62. The number of aromatic carboxylic acids is 1. The molecule has 0 heterocycles. The van der Waals surface area contributed by atoms with E-state index in [1.54, 1.807) is 12.1 Å². The number of ether oxygens (including phenoxy) is 2. The van der Waals surface area contributed by atoms with Crippen LogP contribution in [-0.4, -0.2) is 23.7 Å². The number of benzene rings is 2. The van der Waals surface area contributed by atoms with Crippen molar-refractivity contribution in [1.82, 2.24) is 0 Å². The molecular formula is C27H28O5. The second-order valence-electron chi connectivity index (χ2n) is 9.73. The summed E-state index contributed by atoms with van der Waals surface area (Å²) in [5.74, 6) is 2.02. The van der Waals surface area contributed by atoms with Crippen LogP contribution < -0.4 is 9.47 Å². The zero-order chi connectivity index (χ0) is 22.3. The van der Waals surface area contributed by atoms with Crippen LogP contribution in [-0.2, 0) is 5.41 Å². The van der Waals surface area contributed by atoms with Gasteiger partial charge in [0.25, 0.3) is 0 Å². The van der Waals surface area contributed by atoms with Crippen LogP contribution in [0.3, 0.4) is 0 Å². The van der Waals surface area contributed by atoms with Gasteiger partial charge in [0.2, 0.25) is 0 Å². The van der Waals surface area contributed by atoms with Gasteiger partial charge in [-0.1, -0.05) is 12.7 Å². The lowest BCUT2D eigenvalue weighted by Crippen LogP contribution is -2.48. The summed E-state index contributed by atoms with van der Waals surface area (Å²) in [6.45, 7) is 4.20. The highest BCUT2D eigenvalue weighted by Gasteiger charge is 2.52. The van der Waals surface area contributed by atoms with Crippen molar-refractivity contribution < 1.29 is 24.2 Å². The molecule has 0 aliphatic heterocycles. The molecule has 0 saturated heterocycles. The Kier molecular flexibility index (Phi) is 5.28. The fourth-order valence-corrected chi connectivity index (χ4v) is 6.62. The van der Waals surface area contributed by atoms with Gasteiger partial charge in [0.15, 0.2) is 0 Å². The minimum atomic E-state index is -1.02. The molecule has 5 heteroatoms. The number of rotatable bonds is 7. The van der Waals surface area contributed by atoms with E-state index in [-0.39, 0.29) is 11.0 Å². The summed E-state index contributed by atoms with van der Waals surface area (Å²) in [6.07, 6.45) is 9.27. The maximum absolute atomic E-state index is 12.9. The smallest absolute Gasteiger partial charge is 0.343 e. The molecule has 0 aromatic heterocycles. The molecule has 4 bridgehead atoms. The molecule has 0 atom stereocenters. The molecule has 1 N–H and O–H groups in total. The van der Waals surface area contributed by atoms with Gasteiger partial charge < -0.3 is 14.6 Å². The van der Waals surface area contributed by atoms with Crippen molar-refractivity contribution in [2.24, 2.45) is 17.8 Å². The molecule has 4 aliphatic carbocycles. The average molecular weight is 433 g/mol. The predicted molar refractivity (Wildman–Crippen MR) is 120 cm³/mol. The van der Waals surface area contributed by atoms with Crippen LogP contribution in [0.2, 0.25) is 0 Å². The quantitative estimate of drug-likeness (QED) is 0.348. The number of carboxylic acid groups (broad SMARTS) is 1. The third-order valence-electron chi connectivity index (χ3n) is 7.49. The minimum absolute atomic E-state index is 0.0741. The van der Waals surface area contributed by atoms with E-state index in [4.69, 9.17) is 14.6 Å². The van der Waals surface area contributed by atoms with Crippen LogP contribution in [0.5, 0.6) is 11.5 Å². The van der Waals surface area contributed by atoms with E-state index in [0.717, 1.165) is 29.1 Å². The van der Waals surface area contributed by atoms with Gasteiger partial charge in [0.05, 0.1) is 11.1 Å². The fourth-order valence-electron chi connectivity index (χ4n) is 6.62. The first kappa shape index (κ1) is 20.8. The zero-order valence-corrected chi connectivity index (χ0v) is 18.1. The van der Waals surface area contributed by atoms with Gasteiger partial charge in [0.1, 0.15) is 18.1 Å². The van der Waals surface area contributed by atoms with Gasteiger partial charge in [-0.2, -0.15) is 0 Å². The molecule has 4 aliphatic rings. The Bertz CT molecular complexity index is 1020. The number of carboxylic acids is 1. The van der Waals surface area contributed by atoms with Gasteiger partial charge in [-0.15, -0.1) is 0 Å². The topological polar surface area (TPSA) is 72.8 Å². The number of esters is 1. The van der Waals surface area contributed by atoms with E-state index in [1.165, 1.54) is 62.8 Å². The van der Waals surface area contributed by atoms with E-state index in [0.29, 0.717) is 17.9 Å². The fraction of sp³-hybridized carbons (Fsp3) is 0.407. The summed E-state index contributed by atoms with van der Waals surface area (Å²) < 4.78 is 11.6. The van der Waals surface area contributed by atoms with Crippen molar-refractivity contribution >= 4 is 11.9 Å². The average Bonchev–Trinajstić information content (AvgIpc) is 2.77. The Balaban J connectivity index is 1.44. The van der Waals surface area contributed by atoms with Crippen LogP contribution in [0.4, 0.5) is 0 Å². The molecule has 4 fully saturated rings. The van der Waals surface area contributed by atoms with Crippen LogP contribution >= 0.6 is 0 Å². The van der Waals surface area contributed by atoms with Crippen LogP contribution in [0.1, 0.15) is 64.8 Å². The van der Waals surface area contributed by atoms with Gasteiger partial charge >= 0.3 is 11.9 Å². The number of carbonyl (C=O) groups excluding carboxylic acids is 1. The van der Waals surface area contributed by atoms with Gasteiger partial charge in [-0.3, -0.25) is 0 Å². The molecule has 0 radical (unpaired) electrons. The van der Waals surface area contributed by atoms with E-state index < -0.39 is 11.9 Å². The second-order valence-corrected chi connectivity index (χ2v) is 9.73. The lowest BCUT2D eigenvalue weighted by atomic mass is 9.48. The summed E-state index contributed by atoms with van der Waals surface area (Å²) in [5.41, 5.74) is 1.85. The molecule has 0 unspecified atom stereocenters. The summed E-state index contributed by atoms with van der Waals surface area (Å²) in [6, 6.07) is 11.5. The Morgan fingerprint density at radius 1 is 0.969 bits per heavy atom. The van der Waals surface area contributed by atoms with E-state index in [1.807, 2.05) is 12.1 Å². The van der Waals surface area contributed by atoms with Crippen LogP contribution in [0, 0.1) is 17.8 Å². The predicted octanol–water partition coefficient (Wildman–Crippen LogP) is 5.64. The Morgan fingerprint density at radius 3 is 2.12 bits per heavy atom. The van der Waals surface area contributed by atoms with Gasteiger partial charge in [0, 0.05) is 5.56 Å². The first-order chi connectivity index (χ1) is 15.5. The Morgan fingerprint density at radius 2 is 1.56 bits per heavy atom. The van der Waals surface area contributed by atoms with Crippen LogP contribution in [0.15, 0.2) is 55.1 Å². The molecule has 32 heavy (non-hydrogen) atoms. The third kappa shape index (κ3) is 3.81. The summed E-state index contributed by atoms with van der Waals surface area (Å²) in [4.78, 5) is 24.0.